The average Bonchev–Trinajstić information content (AvgIpc) is 2.90. The summed E-state index contributed by atoms with van der Waals surface area (Å²) in [5.74, 6) is 0.548. The van der Waals surface area contributed by atoms with Crippen LogP contribution in [0.4, 0.5) is 0 Å². The van der Waals surface area contributed by atoms with Crippen LogP contribution in [0, 0.1) is 6.92 Å². The van der Waals surface area contributed by atoms with Crippen LogP contribution in [-0.4, -0.2) is 21.1 Å². The number of ketones is 1. The van der Waals surface area contributed by atoms with Crippen molar-refractivity contribution in [3.8, 4) is 0 Å². The Bertz CT molecular complexity index is 806. The summed E-state index contributed by atoms with van der Waals surface area (Å²) >= 11 is 1.51. The molecule has 0 aliphatic rings. The Hall–Kier alpha value is -2.07. The van der Waals surface area contributed by atoms with Crippen LogP contribution in [0.2, 0.25) is 0 Å². The number of carbonyl (C=O) groups excluding carboxylic acids is 1. The summed E-state index contributed by atoms with van der Waals surface area (Å²) in [6, 6.07) is 15.8. The van der Waals surface area contributed by atoms with Gasteiger partial charge in [0.05, 0.1) is 16.8 Å². The van der Waals surface area contributed by atoms with Gasteiger partial charge < -0.3 is 4.57 Å². The number of fused-ring (bicyclic) bond motifs is 1. The molecule has 4 heteroatoms. The van der Waals surface area contributed by atoms with Crippen molar-refractivity contribution in [2.45, 2.75) is 25.5 Å². The minimum atomic E-state index is 0.139. The number of rotatable bonds is 5. The van der Waals surface area contributed by atoms with Crippen molar-refractivity contribution in [3.63, 3.8) is 0 Å². The first-order valence-corrected chi connectivity index (χ1v) is 8.35. The third kappa shape index (κ3) is 2.92. The molecule has 0 aliphatic heterocycles. The molecular weight excluding hydrogens is 292 g/mol. The van der Waals surface area contributed by atoms with Crippen LogP contribution < -0.4 is 0 Å². The second kappa shape index (κ2) is 6.36. The molecule has 0 saturated carbocycles. The monoisotopic (exact) mass is 310 g/mol. The van der Waals surface area contributed by atoms with Crippen LogP contribution in [0.15, 0.2) is 53.7 Å². The van der Waals surface area contributed by atoms with Crippen molar-refractivity contribution in [1.29, 1.82) is 0 Å². The van der Waals surface area contributed by atoms with Gasteiger partial charge in [0, 0.05) is 12.1 Å². The van der Waals surface area contributed by atoms with Gasteiger partial charge in [0.1, 0.15) is 0 Å². The maximum Gasteiger partial charge on any atom is 0.173 e. The summed E-state index contributed by atoms with van der Waals surface area (Å²) < 4.78 is 2.16. The molecular formula is C18H18N2OS. The zero-order valence-electron chi connectivity index (χ0n) is 12.7. The lowest BCUT2D eigenvalue weighted by atomic mass is 10.1. The molecule has 0 bridgehead atoms. The van der Waals surface area contributed by atoms with E-state index in [1.54, 1.807) is 0 Å². The lowest BCUT2D eigenvalue weighted by molar-refractivity contribution is 0.102. The van der Waals surface area contributed by atoms with Crippen LogP contribution in [0.25, 0.3) is 11.0 Å². The number of benzene rings is 2. The van der Waals surface area contributed by atoms with Crippen molar-refractivity contribution in [2.75, 3.05) is 5.75 Å². The van der Waals surface area contributed by atoms with Crippen LogP contribution in [0.5, 0.6) is 0 Å². The number of nitrogens with zero attached hydrogens (tertiary/aromatic N) is 2. The summed E-state index contributed by atoms with van der Waals surface area (Å²) in [6.07, 6.45) is 0. The SMILES string of the molecule is CCn1c(SCC(=O)c2ccc(C)cc2)nc2ccccc21. The molecule has 0 N–H and O–H groups in total. The molecule has 3 nitrogen and oxygen atoms in total. The standard InChI is InChI=1S/C18H18N2OS/c1-3-20-16-7-5-4-6-15(16)19-18(20)22-12-17(21)14-10-8-13(2)9-11-14/h4-11H,3,12H2,1-2H3. The van der Waals surface area contributed by atoms with Gasteiger partial charge in [0.25, 0.3) is 0 Å². The third-order valence-corrected chi connectivity index (χ3v) is 4.62. The van der Waals surface area contributed by atoms with E-state index in [2.05, 4.69) is 22.5 Å². The normalized spacial score (nSPS) is 11.0. The Morgan fingerprint density at radius 2 is 1.86 bits per heavy atom. The Labute approximate surface area is 134 Å². The molecule has 3 aromatic rings. The maximum absolute atomic E-state index is 12.3. The lowest BCUT2D eigenvalue weighted by Gasteiger charge is -2.05. The Morgan fingerprint density at radius 3 is 2.59 bits per heavy atom. The van der Waals surface area contributed by atoms with Crippen molar-refractivity contribution in [2.24, 2.45) is 0 Å². The topological polar surface area (TPSA) is 34.9 Å². The molecule has 1 heterocycles. The van der Waals surface area contributed by atoms with Crippen molar-refractivity contribution in [1.82, 2.24) is 9.55 Å². The first-order chi connectivity index (χ1) is 10.7. The van der Waals surface area contributed by atoms with Gasteiger partial charge in [-0.2, -0.15) is 0 Å². The number of thioether (sulfide) groups is 1. The van der Waals surface area contributed by atoms with Crippen LogP contribution in [-0.2, 0) is 6.54 Å². The molecule has 0 radical (unpaired) electrons. The minimum absolute atomic E-state index is 0.139. The van der Waals surface area contributed by atoms with Crippen molar-refractivity contribution in [3.05, 3.63) is 59.7 Å². The number of carbonyl (C=O) groups is 1. The molecule has 0 unspecified atom stereocenters. The smallest absolute Gasteiger partial charge is 0.173 e. The summed E-state index contributed by atoms with van der Waals surface area (Å²) in [5.41, 5.74) is 4.03. The van der Waals surface area contributed by atoms with E-state index in [9.17, 15) is 4.79 Å². The van der Waals surface area contributed by atoms with Crippen molar-refractivity contribution >= 4 is 28.6 Å². The van der Waals surface area contributed by atoms with E-state index in [4.69, 9.17) is 0 Å². The number of hydrogen-bond donors (Lipinski definition) is 0. The van der Waals surface area contributed by atoms with E-state index in [0.717, 1.165) is 33.9 Å². The zero-order chi connectivity index (χ0) is 15.5. The molecule has 112 valence electrons. The van der Waals surface area contributed by atoms with Gasteiger partial charge in [-0.1, -0.05) is 53.7 Å². The highest BCUT2D eigenvalue weighted by atomic mass is 32.2. The van der Waals surface area contributed by atoms with Gasteiger partial charge in [0.2, 0.25) is 0 Å². The molecule has 0 amide bonds. The Morgan fingerprint density at radius 1 is 1.14 bits per heavy atom. The molecule has 0 atom stereocenters. The number of aromatic nitrogens is 2. The van der Waals surface area contributed by atoms with E-state index in [-0.39, 0.29) is 5.78 Å². The number of hydrogen-bond acceptors (Lipinski definition) is 3. The van der Waals surface area contributed by atoms with E-state index < -0.39 is 0 Å². The molecule has 0 fully saturated rings. The number of aryl methyl sites for hydroxylation is 2. The number of imidazole rings is 1. The first-order valence-electron chi connectivity index (χ1n) is 7.37. The van der Waals surface area contributed by atoms with Gasteiger partial charge in [-0.05, 0) is 26.0 Å². The van der Waals surface area contributed by atoms with Gasteiger partial charge in [-0.15, -0.1) is 0 Å². The number of para-hydroxylation sites is 2. The van der Waals surface area contributed by atoms with Crippen molar-refractivity contribution < 1.29 is 4.79 Å². The largest absolute Gasteiger partial charge is 0.319 e. The van der Waals surface area contributed by atoms with E-state index in [1.165, 1.54) is 11.8 Å². The lowest BCUT2D eigenvalue weighted by Crippen LogP contribution is -2.04. The highest BCUT2D eigenvalue weighted by Gasteiger charge is 2.12. The zero-order valence-corrected chi connectivity index (χ0v) is 13.6. The van der Waals surface area contributed by atoms with Gasteiger partial charge >= 0.3 is 0 Å². The summed E-state index contributed by atoms with van der Waals surface area (Å²) in [6.45, 7) is 4.97. The van der Waals surface area contributed by atoms with Gasteiger partial charge in [0.15, 0.2) is 10.9 Å². The predicted molar refractivity (Wildman–Crippen MR) is 91.6 cm³/mol. The fourth-order valence-corrected chi connectivity index (χ4v) is 3.40. The second-order valence-electron chi connectivity index (χ2n) is 5.21. The average molecular weight is 310 g/mol. The summed E-state index contributed by atoms with van der Waals surface area (Å²) in [5, 5.41) is 0.907. The Kier molecular flexibility index (Phi) is 4.29. The van der Waals surface area contributed by atoms with E-state index >= 15 is 0 Å². The minimum Gasteiger partial charge on any atom is -0.319 e. The Balaban J connectivity index is 1.79. The molecule has 0 aliphatic carbocycles. The van der Waals surface area contributed by atoms with E-state index in [0.29, 0.717) is 5.75 Å². The molecule has 1 aromatic heterocycles. The first kappa shape index (κ1) is 14.9. The quantitative estimate of drug-likeness (QED) is 0.519. The van der Waals surface area contributed by atoms with Gasteiger partial charge in [-0.3, -0.25) is 4.79 Å². The highest BCUT2D eigenvalue weighted by Crippen LogP contribution is 2.24. The maximum atomic E-state index is 12.3. The summed E-state index contributed by atoms with van der Waals surface area (Å²) in [7, 11) is 0. The van der Waals surface area contributed by atoms with Gasteiger partial charge in [-0.25, -0.2) is 4.98 Å². The van der Waals surface area contributed by atoms with Crippen LogP contribution in [0.3, 0.4) is 0 Å². The molecule has 3 rings (SSSR count). The van der Waals surface area contributed by atoms with Crippen LogP contribution in [0.1, 0.15) is 22.8 Å². The molecule has 2 aromatic carbocycles. The predicted octanol–water partition coefficient (Wildman–Crippen LogP) is 4.34. The number of Topliss-reactive ketones (excluding diaryl/α,β-unsaturated/α-hetero) is 1. The third-order valence-electron chi connectivity index (χ3n) is 3.64. The second-order valence-corrected chi connectivity index (χ2v) is 6.15. The van der Waals surface area contributed by atoms with E-state index in [1.807, 2.05) is 49.4 Å². The molecule has 0 spiro atoms. The molecule has 0 saturated heterocycles. The highest BCUT2D eigenvalue weighted by molar-refractivity contribution is 7.99. The molecule has 22 heavy (non-hydrogen) atoms. The fraction of sp³-hybridized carbons (Fsp3) is 0.222. The fourth-order valence-electron chi connectivity index (χ4n) is 2.42. The summed E-state index contributed by atoms with van der Waals surface area (Å²) in [4.78, 5) is 16.9. The van der Waals surface area contributed by atoms with Crippen LogP contribution >= 0.6 is 11.8 Å².